The van der Waals surface area contributed by atoms with Crippen molar-refractivity contribution < 1.29 is 4.79 Å². The van der Waals surface area contributed by atoms with Gasteiger partial charge in [-0.2, -0.15) is 5.26 Å². The molecule has 0 radical (unpaired) electrons. The molecule has 2 amide bonds. The molecule has 1 aliphatic heterocycles. The molecule has 1 atom stereocenters. The first-order chi connectivity index (χ1) is 9.22. The van der Waals surface area contributed by atoms with Crippen molar-refractivity contribution >= 4 is 11.7 Å². The quantitative estimate of drug-likeness (QED) is 0.848. The summed E-state index contributed by atoms with van der Waals surface area (Å²) < 4.78 is 0. The number of piperidine rings is 1. The zero-order valence-electron chi connectivity index (χ0n) is 10.8. The number of nitriles is 1. The zero-order valence-corrected chi connectivity index (χ0v) is 10.8. The molecule has 5 heteroatoms. The van der Waals surface area contributed by atoms with E-state index in [1.165, 1.54) is 0 Å². The van der Waals surface area contributed by atoms with Crippen molar-refractivity contribution in [3.8, 4) is 6.07 Å². The van der Waals surface area contributed by atoms with Crippen molar-refractivity contribution in [1.82, 2.24) is 4.90 Å². The number of amides is 2. The van der Waals surface area contributed by atoms with Gasteiger partial charge in [-0.05, 0) is 49.6 Å². The fourth-order valence-corrected chi connectivity index (χ4v) is 2.27. The lowest BCUT2D eigenvalue weighted by Gasteiger charge is -2.32. The van der Waals surface area contributed by atoms with Crippen LogP contribution in [-0.2, 0) is 0 Å². The number of carbonyl (C=O) groups excluding carboxylic acids is 1. The minimum Gasteiger partial charge on any atom is -0.330 e. The summed E-state index contributed by atoms with van der Waals surface area (Å²) in [5.74, 6) is 0.403. The molecule has 0 bridgehead atoms. The third kappa shape index (κ3) is 3.46. The molecule has 5 nitrogen and oxygen atoms in total. The number of nitrogens with zero attached hydrogens (tertiary/aromatic N) is 2. The molecular formula is C14H18N4O. The molecule has 0 aromatic heterocycles. The fourth-order valence-electron chi connectivity index (χ4n) is 2.27. The van der Waals surface area contributed by atoms with Crippen LogP contribution >= 0.6 is 0 Å². The van der Waals surface area contributed by atoms with Crippen LogP contribution < -0.4 is 11.1 Å². The first-order valence-electron chi connectivity index (χ1n) is 6.49. The molecule has 1 heterocycles. The summed E-state index contributed by atoms with van der Waals surface area (Å²) in [7, 11) is 0. The number of anilines is 1. The lowest BCUT2D eigenvalue weighted by Crippen LogP contribution is -2.44. The Morgan fingerprint density at radius 3 is 2.84 bits per heavy atom. The molecule has 1 aromatic carbocycles. The van der Waals surface area contributed by atoms with E-state index in [2.05, 4.69) is 5.32 Å². The number of rotatable bonds is 2. The van der Waals surface area contributed by atoms with Crippen LogP contribution in [0.1, 0.15) is 18.4 Å². The molecule has 1 unspecified atom stereocenters. The van der Waals surface area contributed by atoms with Crippen molar-refractivity contribution in [3.05, 3.63) is 29.8 Å². The van der Waals surface area contributed by atoms with Gasteiger partial charge in [0.05, 0.1) is 11.6 Å². The number of benzene rings is 1. The predicted molar refractivity (Wildman–Crippen MR) is 73.5 cm³/mol. The average Bonchev–Trinajstić information content (AvgIpc) is 2.48. The van der Waals surface area contributed by atoms with Gasteiger partial charge in [-0.1, -0.05) is 0 Å². The van der Waals surface area contributed by atoms with Crippen LogP contribution in [-0.4, -0.2) is 30.6 Å². The van der Waals surface area contributed by atoms with Gasteiger partial charge < -0.3 is 16.0 Å². The predicted octanol–water partition coefficient (Wildman–Crippen LogP) is 1.76. The Hall–Kier alpha value is -2.06. The summed E-state index contributed by atoms with van der Waals surface area (Å²) >= 11 is 0. The van der Waals surface area contributed by atoms with Crippen LogP contribution in [0.4, 0.5) is 10.5 Å². The van der Waals surface area contributed by atoms with Gasteiger partial charge in [-0.15, -0.1) is 0 Å². The number of carbonyl (C=O) groups is 1. The van der Waals surface area contributed by atoms with E-state index < -0.39 is 0 Å². The largest absolute Gasteiger partial charge is 0.330 e. The monoisotopic (exact) mass is 258 g/mol. The van der Waals surface area contributed by atoms with Gasteiger partial charge in [-0.3, -0.25) is 0 Å². The Kier molecular flexibility index (Phi) is 4.37. The highest BCUT2D eigenvalue weighted by Crippen LogP contribution is 2.17. The van der Waals surface area contributed by atoms with Gasteiger partial charge in [0, 0.05) is 18.8 Å². The number of hydrogen-bond acceptors (Lipinski definition) is 3. The highest BCUT2D eigenvalue weighted by Gasteiger charge is 2.22. The maximum Gasteiger partial charge on any atom is 0.321 e. The summed E-state index contributed by atoms with van der Waals surface area (Å²) in [5.41, 5.74) is 6.95. The number of likely N-dealkylation sites (tertiary alicyclic amines) is 1. The maximum absolute atomic E-state index is 12.1. The van der Waals surface area contributed by atoms with E-state index in [1.54, 1.807) is 29.2 Å². The Morgan fingerprint density at radius 1 is 1.47 bits per heavy atom. The van der Waals surface area contributed by atoms with Gasteiger partial charge in [0.2, 0.25) is 0 Å². The van der Waals surface area contributed by atoms with Crippen LogP contribution in [0.15, 0.2) is 24.3 Å². The number of nitrogens with one attached hydrogen (secondary N) is 1. The molecule has 100 valence electrons. The molecule has 1 saturated heterocycles. The second-order valence-corrected chi connectivity index (χ2v) is 4.81. The van der Waals surface area contributed by atoms with Crippen LogP contribution in [0.2, 0.25) is 0 Å². The van der Waals surface area contributed by atoms with Crippen molar-refractivity contribution in [2.24, 2.45) is 11.7 Å². The Labute approximate surface area is 113 Å². The molecule has 1 aromatic rings. The molecule has 0 saturated carbocycles. The second kappa shape index (κ2) is 6.21. The van der Waals surface area contributed by atoms with Crippen molar-refractivity contribution in [2.45, 2.75) is 12.8 Å². The summed E-state index contributed by atoms with van der Waals surface area (Å²) in [6.07, 6.45) is 2.10. The average molecular weight is 258 g/mol. The Balaban J connectivity index is 1.94. The topological polar surface area (TPSA) is 82.2 Å². The third-order valence-corrected chi connectivity index (χ3v) is 3.40. The fraction of sp³-hybridized carbons (Fsp3) is 0.429. The third-order valence-electron chi connectivity index (χ3n) is 3.40. The SMILES string of the molecule is N#Cc1ccc(NC(=O)N2CCCC(CN)C2)cc1. The van der Waals surface area contributed by atoms with Crippen molar-refractivity contribution in [2.75, 3.05) is 25.0 Å². The lowest BCUT2D eigenvalue weighted by molar-refractivity contribution is 0.179. The van der Waals surface area contributed by atoms with E-state index in [1.807, 2.05) is 6.07 Å². The molecule has 3 N–H and O–H groups in total. The maximum atomic E-state index is 12.1. The minimum absolute atomic E-state index is 0.0946. The summed E-state index contributed by atoms with van der Waals surface area (Å²) in [6, 6.07) is 8.80. The van der Waals surface area contributed by atoms with E-state index in [-0.39, 0.29) is 6.03 Å². The normalized spacial score (nSPS) is 18.7. The molecule has 0 spiro atoms. The molecule has 19 heavy (non-hydrogen) atoms. The van der Waals surface area contributed by atoms with E-state index >= 15 is 0 Å². The molecule has 1 fully saturated rings. The van der Waals surface area contributed by atoms with Crippen molar-refractivity contribution in [1.29, 1.82) is 5.26 Å². The van der Waals surface area contributed by atoms with E-state index in [0.29, 0.717) is 23.7 Å². The number of urea groups is 1. The standard InChI is InChI=1S/C14H18N4O/c15-8-11-3-5-13(6-4-11)17-14(19)18-7-1-2-12(9-16)10-18/h3-6,12H,1-2,7,9-10,16H2,(H,17,19). The first-order valence-corrected chi connectivity index (χ1v) is 6.49. The smallest absolute Gasteiger partial charge is 0.321 e. The van der Waals surface area contributed by atoms with Gasteiger partial charge in [0.25, 0.3) is 0 Å². The van der Waals surface area contributed by atoms with E-state index in [4.69, 9.17) is 11.0 Å². The summed E-state index contributed by atoms with van der Waals surface area (Å²) in [6.45, 7) is 2.12. The Bertz CT molecular complexity index is 477. The summed E-state index contributed by atoms with van der Waals surface area (Å²) in [5, 5.41) is 11.6. The Morgan fingerprint density at radius 2 is 2.21 bits per heavy atom. The number of hydrogen-bond donors (Lipinski definition) is 2. The summed E-state index contributed by atoms with van der Waals surface area (Å²) in [4.78, 5) is 13.9. The lowest BCUT2D eigenvalue weighted by atomic mass is 9.99. The molecule has 0 aliphatic carbocycles. The minimum atomic E-state index is -0.0946. The highest BCUT2D eigenvalue weighted by atomic mass is 16.2. The van der Waals surface area contributed by atoms with Gasteiger partial charge in [-0.25, -0.2) is 4.79 Å². The van der Waals surface area contributed by atoms with Gasteiger partial charge in [0.15, 0.2) is 0 Å². The zero-order chi connectivity index (χ0) is 13.7. The first kappa shape index (κ1) is 13.4. The molecule has 2 rings (SSSR count). The molecule has 1 aliphatic rings. The van der Waals surface area contributed by atoms with Crippen molar-refractivity contribution in [3.63, 3.8) is 0 Å². The van der Waals surface area contributed by atoms with Crippen LogP contribution in [0.3, 0.4) is 0 Å². The molecular weight excluding hydrogens is 240 g/mol. The highest BCUT2D eigenvalue weighted by molar-refractivity contribution is 5.89. The second-order valence-electron chi connectivity index (χ2n) is 4.81. The van der Waals surface area contributed by atoms with Crippen LogP contribution in [0, 0.1) is 17.2 Å². The number of nitrogens with two attached hydrogens (primary N) is 1. The van der Waals surface area contributed by atoms with Crippen LogP contribution in [0.25, 0.3) is 0 Å². The van der Waals surface area contributed by atoms with E-state index in [0.717, 1.165) is 25.9 Å². The van der Waals surface area contributed by atoms with Crippen LogP contribution in [0.5, 0.6) is 0 Å². The van der Waals surface area contributed by atoms with Gasteiger partial charge in [0.1, 0.15) is 0 Å². The van der Waals surface area contributed by atoms with E-state index in [9.17, 15) is 4.79 Å². The van der Waals surface area contributed by atoms with Gasteiger partial charge >= 0.3 is 6.03 Å².